The molecule has 0 saturated carbocycles. The van der Waals surface area contributed by atoms with Gasteiger partial charge in [-0.15, -0.1) is 11.8 Å². The molecule has 3 rings (SSSR count). The van der Waals surface area contributed by atoms with E-state index < -0.39 is 7.12 Å². The van der Waals surface area contributed by atoms with Gasteiger partial charge in [-0.3, -0.25) is 0 Å². The number of rotatable bonds is 5. The highest BCUT2D eigenvalue weighted by molar-refractivity contribution is 7.98. The molecule has 2 aromatic rings. The Hall–Kier alpha value is -0.845. The van der Waals surface area contributed by atoms with Crippen LogP contribution < -0.4 is 10.2 Å². The van der Waals surface area contributed by atoms with Gasteiger partial charge >= 0.3 is 7.12 Å². The van der Waals surface area contributed by atoms with Crippen LogP contribution in [-0.2, 0) is 15.1 Å². The van der Waals surface area contributed by atoms with Crippen LogP contribution in [0.2, 0.25) is 10.0 Å². The van der Waals surface area contributed by atoms with Crippen molar-refractivity contribution >= 4 is 47.5 Å². The molecule has 1 fully saturated rings. The maximum Gasteiger partial charge on any atom is 0.494 e. The van der Waals surface area contributed by atoms with Gasteiger partial charge in [0, 0.05) is 21.2 Å². The standard InChI is InChI=1S/C20H23BCl2O3S/c1-19(2)20(3,4)26-21(25-19)14-6-9-17(24-5)13(10-14)12-27-18-11-15(22)7-8-16(18)23/h6-11H,12H2,1-5H3. The summed E-state index contributed by atoms with van der Waals surface area (Å²) >= 11 is 14.0. The molecule has 0 N–H and O–H groups in total. The van der Waals surface area contributed by atoms with Crippen molar-refractivity contribution in [3.63, 3.8) is 0 Å². The third-order valence-electron chi connectivity index (χ3n) is 5.11. The number of hydrogen-bond acceptors (Lipinski definition) is 4. The lowest BCUT2D eigenvalue weighted by molar-refractivity contribution is 0.00578. The van der Waals surface area contributed by atoms with Crippen molar-refractivity contribution in [3.05, 3.63) is 52.0 Å². The number of methoxy groups -OCH3 is 1. The Balaban J connectivity index is 1.83. The summed E-state index contributed by atoms with van der Waals surface area (Å²) in [7, 11) is 1.27. The fraction of sp³-hybridized carbons (Fsp3) is 0.400. The van der Waals surface area contributed by atoms with Gasteiger partial charge in [-0.25, -0.2) is 0 Å². The van der Waals surface area contributed by atoms with Gasteiger partial charge in [0.15, 0.2) is 0 Å². The zero-order valence-corrected chi connectivity index (χ0v) is 18.5. The quantitative estimate of drug-likeness (QED) is 0.461. The Morgan fingerprint density at radius 3 is 2.30 bits per heavy atom. The van der Waals surface area contributed by atoms with Crippen molar-refractivity contribution in [1.29, 1.82) is 0 Å². The first kappa shape index (κ1) is 20.9. The second-order valence-electron chi connectivity index (χ2n) is 7.52. The molecule has 1 heterocycles. The van der Waals surface area contributed by atoms with E-state index >= 15 is 0 Å². The fourth-order valence-electron chi connectivity index (χ4n) is 2.78. The third kappa shape index (κ3) is 4.43. The predicted molar refractivity (Wildman–Crippen MR) is 115 cm³/mol. The van der Waals surface area contributed by atoms with E-state index in [0.717, 1.165) is 21.7 Å². The van der Waals surface area contributed by atoms with Crippen molar-refractivity contribution in [2.75, 3.05) is 7.11 Å². The van der Waals surface area contributed by atoms with Gasteiger partial charge < -0.3 is 14.0 Å². The molecule has 0 amide bonds. The van der Waals surface area contributed by atoms with Crippen LogP contribution in [-0.4, -0.2) is 25.4 Å². The Morgan fingerprint density at radius 2 is 1.67 bits per heavy atom. The van der Waals surface area contributed by atoms with Crippen LogP contribution in [0.1, 0.15) is 33.3 Å². The molecule has 144 valence electrons. The van der Waals surface area contributed by atoms with Crippen LogP contribution in [0.4, 0.5) is 0 Å². The van der Waals surface area contributed by atoms with Crippen LogP contribution >= 0.6 is 35.0 Å². The molecule has 3 nitrogen and oxygen atoms in total. The lowest BCUT2D eigenvalue weighted by atomic mass is 9.78. The molecule has 0 radical (unpaired) electrons. The summed E-state index contributed by atoms with van der Waals surface area (Å²) in [4.78, 5) is 0.937. The van der Waals surface area contributed by atoms with Gasteiger partial charge in [0.25, 0.3) is 0 Å². The topological polar surface area (TPSA) is 27.7 Å². The fourth-order valence-corrected chi connectivity index (χ4v) is 4.25. The van der Waals surface area contributed by atoms with Crippen molar-refractivity contribution in [3.8, 4) is 5.75 Å². The number of benzene rings is 2. The molecule has 1 aliphatic heterocycles. The molecule has 0 atom stereocenters. The summed E-state index contributed by atoms with van der Waals surface area (Å²) in [5.41, 5.74) is 1.27. The molecule has 27 heavy (non-hydrogen) atoms. The minimum absolute atomic E-state index is 0.374. The predicted octanol–water partition coefficient (Wildman–Crippen LogP) is 5.59. The lowest BCUT2D eigenvalue weighted by Crippen LogP contribution is -2.41. The molecule has 0 spiro atoms. The average molecular weight is 425 g/mol. The van der Waals surface area contributed by atoms with Gasteiger partial charge in [-0.1, -0.05) is 35.3 Å². The van der Waals surface area contributed by atoms with E-state index in [9.17, 15) is 0 Å². The number of hydrogen-bond donors (Lipinski definition) is 0. The number of thioether (sulfide) groups is 1. The van der Waals surface area contributed by atoms with E-state index in [0.29, 0.717) is 15.8 Å². The van der Waals surface area contributed by atoms with E-state index in [-0.39, 0.29) is 11.2 Å². The lowest BCUT2D eigenvalue weighted by Gasteiger charge is -2.32. The van der Waals surface area contributed by atoms with Crippen LogP contribution in [0.5, 0.6) is 5.75 Å². The third-order valence-corrected chi connectivity index (χ3v) is 6.89. The molecule has 1 saturated heterocycles. The van der Waals surface area contributed by atoms with Gasteiger partial charge in [0.1, 0.15) is 5.75 Å². The molecule has 7 heteroatoms. The first-order valence-electron chi connectivity index (χ1n) is 8.73. The zero-order chi connectivity index (χ0) is 19.8. The first-order chi connectivity index (χ1) is 12.6. The molecule has 0 aliphatic carbocycles. The second kappa shape index (κ2) is 7.88. The van der Waals surface area contributed by atoms with Crippen LogP contribution in [0, 0.1) is 0 Å². The Morgan fingerprint density at radius 1 is 1.00 bits per heavy atom. The van der Waals surface area contributed by atoms with Crippen LogP contribution in [0.25, 0.3) is 0 Å². The normalized spacial score (nSPS) is 18.0. The largest absolute Gasteiger partial charge is 0.496 e. The summed E-state index contributed by atoms with van der Waals surface area (Å²) in [6.45, 7) is 8.20. The molecule has 0 unspecified atom stereocenters. The second-order valence-corrected chi connectivity index (χ2v) is 9.38. The maximum atomic E-state index is 6.28. The van der Waals surface area contributed by atoms with Crippen molar-refractivity contribution in [2.45, 2.75) is 49.5 Å². The van der Waals surface area contributed by atoms with Crippen molar-refractivity contribution in [2.24, 2.45) is 0 Å². The highest BCUT2D eigenvalue weighted by atomic mass is 35.5. The highest BCUT2D eigenvalue weighted by Gasteiger charge is 2.51. The van der Waals surface area contributed by atoms with E-state index in [4.69, 9.17) is 37.2 Å². The van der Waals surface area contributed by atoms with Gasteiger partial charge in [0.2, 0.25) is 0 Å². The molecule has 0 bridgehead atoms. The average Bonchev–Trinajstić information content (AvgIpc) is 2.83. The monoisotopic (exact) mass is 424 g/mol. The van der Waals surface area contributed by atoms with Crippen LogP contribution in [0.3, 0.4) is 0 Å². The van der Waals surface area contributed by atoms with Crippen molar-refractivity contribution < 1.29 is 14.0 Å². The minimum Gasteiger partial charge on any atom is -0.496 e. The summed E-state index contributed by atoms with van der Waals surface area (Å²) in [6, 6.07) is 11.5. The van der Waals surface area contributed by atoms with E-state index in [1.807, 2.05) is 24.3 Å². The van der Waals surface area contributed by atoms with Gasteiger partial charge in [-0.2, -0.15) is 0 Å². The summed E-state index contributed by atoms with van der Waals surface area (Å²) in [6.07, 6.45) is 0. The molecule has 0 aromatic heterocycles. The van der Waals surface area contributed by atoms with Gasteiger partial charge in [0.05, 0.1) is 23.3 Å². The summed E-state index contributed by atoms with van der Waals surface area (Å²) < 4.78 is 17.9. The molecular formula is C20H23BCl2O3S. The number of halogens is 2. The summed E-state index contributed by atoms with van der Waals surface area (Å²) in [5.74, 6) is 1.51. The van der Waals surface area contributed by atoms with E-state index in [1.54, 1.807) is 24.9 Å². The van der Waals surface area contributed by atoms with E-state index in [1.165, 1.54) is 0 Å². The first-order valence-corrected chi connectivity index (χ1v) is 10.5. The van der Waals surface area contributed by atoms with Crippen molar-refractivity contribution in [1.82, 2.24) is 0 Å². The Kier molecular flexibility index (Phi) is 6.09. The molecule has 2 aromatic carbocycles. The SMILES string of the molecule is COc1ccc(B2OC(C)(C)C(C)(C)O2)cc1CSc1cc(Cl)ccc1Cl. The van der Waals surface area contributed by atoms with E-state index in [2.05, 4.69) is 33.8 Å². The minimum atomic E-state index is -0.403. The smallest absolute Gasteiger partial charge is 0.494 e. The Bertz CT molecular complexity index is 826. The zero-order valence-electron chi connectivity index (χ0n) is 16.1. The summed E-state index contributed by atoms with van der Waals surface area (Å²) in [5, 5.41) is 1.35. The highest BCUT2D eigenvalue weighted by Crippen LogP contribution is 2.37. The Labute approximate surface area is 175 Å². The van der Waals surface area contributed by atoms with Crippen LogP contribution in [0.15, 0.2) is 41.3 Å². The maximum absolute atomic E-state index is 6.28. The molecular weight excluding hydrogens is 402 g/mol. The number of ether oxygens (including phenoxy) is 1. The molecule has 1 aliphatic rings. The van der Waals surface area contributed by atoms with Gasteiger partial charge in [-0.05, 0) is 57.4 Å².